The average molecular weight is 452 g/mol. The number of carbonyl (C=O) groups excluding carboxylic acids is 2. The van der Waals surface area contributed by atoms with Gasteiger partial charge in [0.1, 0.15) is 5.54 Å². The predicted octanol–water partition coefficient (Wildman–Crippen LogP) is 3.58. The topological polar surface area (TPSA) is 70.5 Å². The molecule has 3 aliphatic rings. The van der Waals surface area contributed by atoms with Gasteiger partial charge in [-0.05, 0) is 70.8 Å². The minimum atomic E-state index is -0.922. The van der Waals surface area contributed by atoms with E-state index in [-0.39, 0.29) is 17.9 Å². The first-order valence-electron chi connectivity index (χ1n) is 12.9. The Morgan fingerprint density at radius 2 is 1.79 bits per heavy atom. The van der Waals surface area contributed by atoms with Crippen molar-refractivity contribution in [2.45, 2.75) is 82.8 Å². The van der Waals surface area contributed by atoms with Crippen LogP contribution in [0.15, 0.2) is 24.3 Å². The Kier molecular flexibility index (Phi) is 6.41. The Bertz CT molecular complexity index is 1000. The van der Waals surface area contributed by atoms with Gasteiger partial charge in [0.15, 0.2) is 5.82 Å². The van der Waals surface area contributed by atoms with E-state index in [0.717, 1.165) is 62.8 Å². The molecule has 5 rings (SSSR count). The van der Waals surface area contributed by atoms with Crippen LogP contribution in [0, 0.1) is 0 Å². The average Bonchev–Trinajstić information content (AvgIpc) is 3.37. The van der Waals surface area contributed by atoms with Gasteiger partial charge in [-0.1, -0.05) is 37.8 Å². The number of hydrogen-bond donors (Lipinski definition) is 1. The molecule has 2 amide bonds. The highest BCUT2D eigenvalue weighted by molar-refractivity contribution is 6.01. The second kappa shape index (κ2) is 9.45. The van der Waals surface area contributed by atoms with Gasteiger partial charge in [0.2, 0.25) is 5.91 Å². The molecule has 1 aromatic carbocycles. The molecular weight excluding hydrogens is 414 g/mol. The second-order valence-corrected chi connectivity index (χ2v) is 10.3. The Hall–Kier alpha value is -2.41. The highest BCUT2D eigenvalue weighted by Crippen LogP contribution is 2.31. The molecular formula is C26H37N5O2. The van der Waals surface area contributed by atoms with E-state index in [9.17, 15) is 9.59 Å². The SMILES string of the molecule is CC1(C(=O)NC2CCCC2)Cn2c(nc3ccccc32)C(=O)N1CCCN1CCCCCC1. The standard InChI is InChI=1S/C26H37N5O2/c1-26(25(33)27-20-11-4-5-12-20)19-30-22-14-7-6-13-21(22)28-23(30)24(32)31(26)18-10-17-29-15-8-2-3-9-16-29/h6-7,13-14,20H,2-5,8-12,15-19H2,1H3,(H,27,33). The number of para-hydroxylation sites is 2. The van der Waals surface area contributed by atoms with Crippen molar-refractivity contribution >= 4 is 22.8 Å². The van der Waals surface area contributed by atoms with Gasteiger partial charge in [0.25, 0.3) is 5.91 Å². The lowest BCUT2D eigenvalue weighted by Gasteiger charge is -2.44. The summed E-state index contributed by atoms with van der Waals surface area (Å²) in [7, 11) is 0. The number of imidazole rings is 1. The van der Waals surface area contributed by atoms with Crippen LogP contribution < -0.4 is 5.32 Å². The normalized spacial score (nSPS) is 24.8. The van der Waals surface area contributed by atoms with Crippen molar-refractivity contribution in [1.82, 2.24) is 24.7 Å². The van der Waals surface area contributed by atoms with E-state index in [1.807, 2.05) is 40.7 Å². The molecule has 1 saturated heterocycles. The molecule has 7 heteroatoms. The van der Waals surface area contributed by atoms with Crippen LogP contribution in [0.4, 0.5) is 0 Å². The van der Waals surface area contributed by atoms with Crippen molar-refractivity contribution in [2.24, 2.45) is 0 Å². The summed E-state index contributed by atoms with van der Waals surface area (Å²) in [6.07, 6.45) is 10.4. The molecule has 0 spiro atoms. The number of nitrogens with one attached hydrogen (secondary N) is 1. The number of hydrogen-bond acceptors (Lipinski definition) is 4. The molecule has 0 bridgehead atoms. The van der Waals surface area contributed by atoms with Crippen LogP contribution in [0.3, 0.4) is 0 Å². The van der Waals surface area contributed by atoms with Crippen molar-refractivity contribution in [3.05, 3.63) is 30.1 Å². The van der Waals surface area contributed by atoms with E-state index in [2.05, 4.69) is 15.2 Å². The molecule has 178 valence electrons. The highest BCUT2D eigenvalue weighted by atomic mass is 16.2. The number of benzene rings is 1. The van der Waals surface area contributed by atoms with Crippen molar-refractivity contribution in [3.63, 3.8) is 0 Å². The molecule has 3 heterocycles. The molecule has 0 radical (unpaired) electrons. The van der Waals surface area contributed by atoms with Crippen molar-refractivity contribution in [1.29, 1.82) is 0 Å². The molecule has 2 aromatic rings. The summed E-state index contributed by atoms with van der Waals surface area (Å²) in [5.41, 5.74) is 0.811. The van der Waals surface area contributed by atoms with Crippen LogP contribution in [0.25, 0.3) is 11.0 Å². The first-order chi connectivity index (χ1) is 16.1. The molecule has 7 nitrogen and oxygen atoms in total. The summed E-state index contributed by atoms with van der Waals surface area (Å²) in [4.78, 5) is 36.4. The van der Waals surface area contributed by atoms with Crippen LogP contribution in [0.5, 0.6) is 0 Å². The van der Waals surface area contributed by atoms with E-state index in [0.29, 0.717) is 18.9 Å². The van der Waals surface area contributed by atoms with E-state index < -0.39 is 5.54 Å². The maximum atomic E-state index is 13.7. The summed E-state index contributed by atoms with van der Waals surface area (Å²) in [6, 6.07) is 8.06. The van der Waals surface area contributed by atoms with E-state index in [1.165, 1.54) is 25.7 Å². The summed E-state index contributed by atoms with van der Waals surface area (Å²) in [6.45, 7) is 6.22. The fourth-order valence-electron chi connectivity index (χ4n) is 5.90. The first kappa shape index (κ1) is 22.4. The lowest BCUT2D eigenvalue weighted by Crippen LogP contribution is -2.65. The first-order valence-corrected chi connectivity index (χ1v) is 12.9. The van der Waals surface area contributed by atoms with Crippen LogP contribution in [0.2, 0.25) is 0 Å². The Labute approximate surface area is 196 Å². The Balaban J connectivity index is 1.40. The third-order valence-corrected chi connectivity index (χ3v) is 7.89. The Morgan fingerprint density at radius 3 is 2.55 bits per heavy atom. The predicted molar refractivity (Wildman–Crippen MR) is 129 cm³/mol. The maximum Gasteiger partial charge on any atom is 0.290 e. The Morgan fingerprint density at radius 1 is 1.06 bits per heavy atom. The van der Waals surface area contributed by atoms with Crippen LogP contribution in [-0.4, -0.2) is 68.9 Å². The number of nitrogens with zero attached hydrogens (tertiary/aromatic N) is 4. The zero-order valence-corrected chi connectivity index (χ0v) is 19.9. The van der Waals surface area contributed by atoms with E-state index in [4.69, 9.17) is 0 Å². The lowest BCUT2D eigenvalue weighted by molar-refractivity contribution is -0.133. The molecule has 1 saturated carbocycles. The molecule has 1 N–H and O–H groups in total. The number of aromatic nitrogens is 2. The zero-order chi connectivity index (χ0) is 22.8. The van der Waals surface area contributed by atoms with E-state index in [1.54, 1.807) is 0 Å². The second-order valence-electron chi connectivity index (χ2n) is 10.3. The quantitative estimate of drug-likeness (QED) is 0.729. The fourth-order valence-corrected chi connectivity index (χ4v) is 5.90. The van der Waals surface area contributed by atoms with Gasteiger partial charge >= 0.3 is 0 Å². The molecule has 33 heavy (non-hydrogen) atoms. The fraction of sp³-hybridized carbons (Fsp3) is 0.654. The van der Waals surface area contributed by atoms with Crippen LogP contribution in [0.1, 0.15) is 75.3 Å². The monoisotopic (exact) mass is 451 g/mol. The number of carbonyl (C=O) groups is 2. The van der Waals surface area contributed by atoms with Crippen LogP contribution in [-0.2, 0) is 11.3 Å². The molecule has 2 aliphatic heterocycles. The van der Waals surface area contributed by atoms with Gasteiger partial charge in [-0.2, -0.15) is 0 Å². The largest absolute Gasteiger partial charge is 0.351 e. The number of amides is 2. The summed E-state index contributed by atoms with van der Waals surface area (Å²) >= 11 is 0. The molecule has 1 atom stereocenters. The van der Waals surface area contributed by atoms with Gasteiger partial charge in [-0.25, -0.2) is 4.98 Å². The van der Waals surface area contributed by atoms with Gasteiger partial charge < -0.3 is 19.7 Å². The van der Waals surface area contributed by atoms with Crippen molar-refractivity contribution in [3.8, 4) is 0 Å². The lowest BCUT2D eigenvalue weighted by atomic mass is 9.94. The molecule has 1 unspecified atom stereocenters. The molecule has 1 aliphatic carbocycles. The summed E-state index contributed by atoms with van der Waals surface area (Å²) in [5, 5.41) is 3.28. The van der Waals surface area contributed by atoms with Gasteiger partial charge in [-0.15, -0.1) is 0 Å². The van der Waals surface area contributed by atoms with Gasteiger partial charge in [0, 0.05) is 12.6 Å². The van der Waals surface area contributed by atoms with E-state index >= 15 is 0 Å². The number of fused-ring (bicyclic) bond motifs is 3. The third kappa shape index (κ3) is 4.39. The van der Waals surface area contributed by atoms with Crippen molar-refractivity contribution < 1.29 is 9.59 Å². The summed E-state index contributed by atoms with van der Waals surface area (Å²) in [5.74, 6) is 0.301. The highest BCUT2D eigenvalue weighted by Gasteiger charge is 2.48. The third-order valence-electron chi connectivity index (χ3n) is 7.89. The minimum Gasteiger partial charge on any atom is -0.351 e. The zero-order valence-electron chi connectivity index (χ0n) is 19.9. The molecule has 1 aromatic heterocycles. The summed E-state index contributed by atoms with van der Waals surface area (Å²) < 4.78 is 1.96. The smallest absolute Gasteiger partial charge is 0.290 e. The van der Waals surface area contributed by atoms with Crippen molar-refractivity contribution in [2.75, 3.05) is 26.2 Å². The van der Waals surface area contributed by atoms with Gasteiger partial charge in [-0.3, -0.25) is 9.59 Å². The van der Waals surface area contributed by atoms with Crippen LogP contribution >= 0.6 is 0 Å². The number of rotatable bonds is 6. The maximum absolute atomic E-state index is 13.7. The molecule has 2 fully saturated rings. The minimum absolute atomic E-state index is 0.0269. The van der Waals surface area contributed by atoms with Gasteiger partial charge in [0.05, 0.1) is 17.6 Å². The number of likely N-dealkylation sites (tertiary alicyclic amines) is 1.